The molecule has 1 saturated carbocycles. The summed E-state index contributed by atoms with van der Waals surface area (Å²) in [4.78, 5) is 8.75. The smallest absolute Gasteiger partial charge is 0.193 e. The van der Waals surface area contributed by atoms with Gasteiger partial charge in [0.15, 0.2) is 5.96 Å². The summed E-state index contributed by atoms with van der Waals surface area (Å²) in [5, 5.41) is 5.61. The highest BCUT2D eigenvalue weighted by molar-refractivity contribution is 14.0. The average Bonchev–Trinajstić information content (AvgIpc) is 3.06. The number of rotatable bonds is 4. The highest BCUT2D eigenvalue weighted by Gasteiger charge is 2.43. The van der Waals surface area contributed by atoms with Gasteiger partial charge in [-0.15, -0.1) is 35.3 Å². The molecule has 0 radical (unpaired) electrons. The molecule has 0 amide bonds. The number of aliphatic imine (C=N–C) groups is 1. The van der Waals surface area contributed by atoms with Gasteiger partial charge in [0.05, 0.1) is 0 Å². The van der Waals surface area contributed by atoms with E-state index >= 15 is 0 Å². The number of guanidine groups is 1. The Balaban J connectivity index is 0.00000161. The monoisotopic (exact) mass is 419 g/mol. The van der Waals surface area contributed by atoms with Crippen LogP contribution in [0.2, 0.25) is 0 Å². The van der Waals surface area contributed by atoms with Crippen molar-refractivity contribution in [3.63, 3.8) is 0 Å². The van der Waals surface area contributed by atoms with Crippen molar-refractivity contribution in [3.05, 3.63) is 22.4 Å². The summed E-state index contributed by atoms with van der Waals surface area (Å²) in [5.74, 6) is 1.13. The minimum atomic E-state index is 0. The van der Waals surface area contributed by atoms with Crippen LogP contribution in [0.3, 0.4) is 0 Å². The van der Waals surface area contributed by atoms with Crippen molar-refractivity contribution in [2.45, 2.75) is 39.0 Å². The Morgan fingerprint density at radius 3 is 2.86 bits per heavy atom. The second-order valence-electron chi connectivity index (χ2n) is 6.09. The lowest BCUT2D eigenvalue weighted by Crippen LogP contribution is -2.42. The van der Waals surface area contributed by atoms with Crippen LogP contribution in [-0.2, 0) is 6.42 Å². The maximum Gasteiger partial charge on any atom is 0.193 e. The van der Waals surface area contributed by atoms with Crippen molar-refractivity contribution in [2.75, 3.05) is 26.2 Å². The van der Waals surface area contributed by atoms with Crippen LogP contribution in [0.25, 0.3) is 0 Å². The van der Waals surface area contributed by atoms with E-state index in [-0.39, 0.29) is 24.0 Å². The van der Waals surface area contributed by atoms with Crippen molar-refractivity contribution in [3.8, 4) is 0 Å². The van der Waals surface area contributed by atoms with Gasteiger partial charge in [-0.2, -0.15) is 0 Å². The fourth-order valence-corrected chi connectivity index (χ4v) is 4.05. The van der Waals surface area contributed by atoms with E-state index in [0.29, 0.717) is 5.41 Å². The van der Waals surface area contributed by atoms with Crippen molar-refractivity contribution < 1.29 is 0 Å². The van der Waals surface area contributed by atoms with Crippen LogP contribution in [0, 0.1) is 5.41 Å². The van der Waals surface area contributed by atoms with E-state index in [1.165, 1.54) is 43.6 Å². The van der Waals surface area contributed by atoms with E-state index in [1.54, 1.807) is 0 Å². The second-order valence-corrected chi connectivity index (χ2v) is 7.12. The summed E-state index contributed by atoms with van der Waals surface area (Å²) in [6, 6.07) is 4.32. The summed E-state index contributed by atoms with van der Waals surface area (Å²) in [5.41, 5.74) is 0.643. The maximum atomic E-state index is 4.83. The molecule has 1 saturated heterocycles. The normalized spacial score (nSPS) is 20.2. The van der Waals surface area contributed by atoms with E-state index in [4.69, 9.17) is 4.99 Å². The standard InChI is InChI=1S/C16H25N3S.HI/c1-2-17-15(18-10-6-14-5-3-12-20-14)19-11-9-16(13-19)7-4-8-16;/h3,5,12H,2,4,6-11,13H2,1H3,(H,17,18);1H. The minimum Gasteiger partial charge on any atom is -0.357 e. The summed E-state index contributed by atoms with van der Waals surface area (Å²) in [6.07, 6.45) is 6.71. The van der Waals surface area contributed by atoms with Crippen molar-refractivity contribution >= 4 is 41.3 Å². The Hall–Kier alpha value is -0.300. The summed E-state index contributed by atoms with van der Waals surface area (Å²) < 4.78 is 0. The van der Waals surface area contributed by atoms with E-state index in [0.717, 1.165) is 25.5 Å². The topological polar surface area (TPSA) is 27.6 Å². The fraction of sp³-hybridized carbons (Fsp3) is 0.688. The highest BCUT2D eigenvalue weighted by atomic mass is 127. The average molecular weight is 419 g/mol. The Kier molecular flexibility index (Phi) is 6.34. The molecule has 2 fully saturated rings. The molecule has 1 aliphatic heterocycles. The number of nitrogens with zero attached hydrogens (tertiary/aromatic N) is 2. The van der Waals surface area contributed by atoms with Gasteiger partial charge in [-0.3, -0.25) is 4.99 Å². The lowest BCUT2D eigenvalue weighted by molar-refractivity contribution is 0.151. The van der Waals surface area contributed by atoms with E-state index in [2.05, 4.69) is 34.7 Å². The molecule has 2 aliphatic rings. The molecule has 1 spiro atoms. The Morgan fingerprint density at radius 1 is 1.43 bits per heavy atom. The van der Waals surface area contributed by atoms with Crippen molar-refractivity contribution in [1.29, 1.82) is 0 Å². The molecule has 1 aromatic heterocycles. The van der Waals surface area contributed by atoms with Gasteiger partial charge in [0, 0.05) is 37.5 Å². The third-order valence-corrected chi connectivity index (χ3v) is 5.62. The quantitative estimate of drug-likeness (QED) is 0.457. The van der Waals surface area contributed by atoms with Gasteiger partial charge >= 0.3 is 0 Å². The maximum absolute atomic E-state index is 4.83. The first-order chi connectivity index (χ1) is 9.81. The van der Waals surface area contributed by atoms with Crippen LogP contribution in [0.15, 0.2) is 22.5 Å². The molecule has 0 unspecified atom stereocenters. The third kappa shape index (κ3) is 4.12. The van der Waals surface area contributed by atoms with Gasteiger partial charge in [0.2, 0.25) is 0 Å². The summed E-state index contributed by atoms with van der Waals surface area (Å²) in [7, 11) is 0. The lowest BCUT2D eigenvalue weighted by atomic mass is 9.68. The molecular weight excluding hydrogens is 393 g/mol. The molecule has 0 aromatic carbocycles. The van der Waals surface area contributed by atoms with E-state index in [1.807, 2.05) is 11.3 Å². The molecular formula is C16H26IN3S. The van der Waals surface area contributed by atoms with Gasteiger partial charge in [-0.1, -0.05) is 12.5 Å². The van der Waals surface area contributed by atoms with E-state index < -0.39 is 0 Å². The lowest BCUT2D eigenvalue weighted by Gasteiger charge is -2.38. The van der Waals surface area contributed by atoms with Crippen molar-refractivity contribution in [1.82, 2.24) is 10.2 Å². The second kappa shape index (κ2) is 7.81. The highest BCUT2D eigenvalue weighted by Crippen LogP contribution is 2.47. The zero-order valence-corrected chi connectivity index (χ0v) is 16.0. The van der Waals surface area contributed by atoms with Crippen LogP contribution in [0.1, 0.15) is 37.5 Å². The molecule has 3 rings (SSSR count). The molecule has 0 bridgehead atoms. The van der Waals surface area contributed by atoms with Crippen LogP contribution < -0.4 is 5.32 Å². The van der Waals surface area contributed by atoms with Crippen LogP contribution in [0.4, 0.5) is 0 Å². The fourth-order valence-electron chi connectivity index (χ4n) is 3.35. The molecule has 0 atom stereocenters. The van der Waals surface area contributed by atoms with Crippen LogP contribution in [0.5, 0.6) is 0 Å². The van der Waals surface area contributed by atoms with Gasteiger partial charge in [0.1, 0.15) is 0 Å². The number of likely N-dealkylation sites (tertiary alicyclic amines) is 1. The number of thiophene rings is 1. The molecule has 1 aromatic rings. The largest absolute Gasteiger partial charge is 0.357 e. The molecule has 21 heavy (non-hydrogen) atoms. The minimum absolute atomic E-state index is 0. The molecule has 5 heteroatoms. The zero-order chi connectivity index (χ0) is 13.8. The first-order valence-electron chi connectivity index (χ1n) is 7.87. The Morgan fingerprint density at radius 2 is 2.29 bits per heavy atom. The van der Waals surface area contributed by atoms with Gasteiger partial charge in [0.25, 0.3) is 0 Å². The summed E-state index contributed by atoms with van der Waals surface area (Å²) in [6.45, 7) is 6.42. The predicted molar refractivity (Wildman–Crippen MR) is 102 cm³/mol. The van der Waals surface area contributed by atoms with Crippen molar-refractivity contribution in [2.24, 2.45) is 10.4 Å². The first-order valence-corrected chi connectivity index (χ1v) is 8.75. The van der Waals surface area contributed by atoms with E-state index in [9.17, 15) is 0 Å². The number of nitrogens with one attached hydrogen (secondary N) is 1. The number of hydrogen-bond donors (Lipinski definition) is 1. The predicted octanol–water partition coefficient (Wildman–Crippen LogP) is 3.75. The van der Waals surface area contributed by atoms with Gasteiger partial charge in [-0.05, 0) is 43.0 Å². The SMILES string of the molecule is CCNC(=NCCc1cccs1)N1CCC2(CCC2)C1.I. The van der Waals surface area contributed by atoms with Gasteiger partial charge < -0.3 is 10.2 Å². The van der Waals surface area contributed by atoms with Gasteiger partial charge in [-0.25, -0.2) is 0 Å². The van der Waals surface area contributed by atoms with Crippen LogP contribution in [-0.4, -0.2) is 37.0 Å². The Bertz CT molecular complexity index is 454. The molecule has 1 N–H and O–H groups in total. The van der Waals surface area contributed by atoms with Crippen LogP contribution >= 0.6 is 35.3 Å². The molecule has 118 valence electrons. The molecule has 2 heterocycles. The zero-order valence-electron chi connectivity index (χ0n) is 12.8. The Labute approximate surface area is 149 Å². The molecule has 3 nitrogen and oxygen atoms in total. The molecule has 1 aliphatic carbocycles. The number of halogens is 1. The third-order valence-electron chi connectivity index (χ3n) is 4.69. The number of hydrogen-bond acceptors (Lipinski definition) is 2. The summed E-state index contributed by atoms with van der Waals surface area (Å²) >= 11 is 1.83. The first kappa shape index (κ1) is 17.1.